The molecule has 2 aromatic rings. The van der Waals surface area contributed by atoms with Gasteiger partial charge in [-0.25, -0.2) is 4.68 Å². The van der Waals surface area contributed by atoms with Crippen LogP contribution in [0.3, 0.4) is 0 Å². The highest BCUT2D eigenvalue weighted by Crippen LogP contribution is 2.51. The van der Waals surface area contributed by atoms with Crippen LogP contribution in [-0.4, -0.2) is 22.2 Å². The number of nitriles is 1. The van der Waals surface area contributed by atoms with E-state index in [1.807, 2.05) is 33.8 Å². The zero-order valence-electron chi connectivity index (χ0n) is 17.3. The zero-order valence-corrected chi connectivity index (χ0v) is 17.3. The summed E-state index contributed by atoms with van der Waals surface area (Å²) < 4.78 is 7.82. The van der Waals surface area contributed by atoms with Crippen LogP contribution in [0.2, 0.25) is 0 Å². The van der Waals surface area contributed by atoms with Crippen LogP contribution in [-0.2, 0) is 4.79 Å². The average Bonchev–Trinajstić information content (AvgIpc) is 3.38. The molecule has 7 nitrogen and oxygen atoms in total. The summed E-state index contributed by atoms with van der Waals surface area (Å²) in [5.41, 5.74) is 10.4. The van der Waals surface area contributed by atoms with E-state index in [4.69, 9.17) is 15.6 Å². The van der Waals surface area contributed by atoms with Crippen LogP contribution in [0.5, 0.6) is 5.88 Å². The highest BCUT2D eigenvalue weighted by Gasteiger charge is 2.41. The summed E-state index contributed by atoms with van der Waals surface area (Å²) in [6.45, 7) is 4.87. The fourth-order valence-electron chi connectivity index (χ4n) is 4.50. The van der Waals surface area contributed by atoms with Gasteiger partial charge in [-0.2, -0.15) is 10.4 Å². The Balaban J connectivity index is 1.62. The fourth-order valence-corrected chi connectivity index (χ4v) is 4.50. The second kappa shape index (κ2) is 6.91. The summed E-state index contributed by atoms with van der Waals surface area (Å²) >= 11 is 0. The molecule has 1 aromatic carbocycles. The van der Waals surface area contributed by atoms with Gasteiger partial charge in [0.2, 0.25) is 17.7 Å². The molecule has 0 radical (unpaired) electrons. The van der Waals surface area contributed by atoms with Crippen LogP contribution in [0.1, 0.15) is 74.2 Å². The largest absolute Gasteiger partial charge is 0.422 e. The van der Waals surface area contributed by atoms with Gasteiger partial charge in [-0.15, -0.1) is 0 Å². The molecule has 1 unspecified atom stereocenters. The number of hydrogen-bond donors (Lipinski definition) is 1. The second-order valence-corrected chi connectivity index (χ2v) is 8.58. The maximum atomic E-state index is 12.1. The molecule has 0 bridgehead atoms. The van der Waals surface area contributed by atoms with E-state index in [1.54, 1.807) is 0 Å². The molecule has 1 saturated heterocycles. The predicted octanol–water partition coefficient (Wildman–Crippen LogP) is 3.69. The van der Waals surface area contributed by atoms with Gasteiger partial charge in [-0.1, -0.05) is 12.1 Å². The van der Waals surface area contributed by atoms with Gasteiger partial charge in [0, 0.05) is 24.6 Å². The molecule has 5 rings (SSSR count). The van der Waals surface area contributed by atoms with E-state index >= 15 is 0 Å². The third kappa shape index (κ3) is 2.86. The molecular formula is C23H25N5O2. The van der Waals surface area contributed by atoms with E-state index in [0.29, 0.717) is 23.8 Å². The quantitative estimate of drug-likeness (QED) is 0.840. The van der Waals surface area contributed by atoms with Gasteiger partial charge in [0.15, 0.2) is 0 Å². The molecule has 1 saturated carbocycles. The van der Waals surface area contributed by atoms with Crippen LogP contribution < -0.4 is 15.4 Å². The van der Waals surface area contributed by atoms with Crippen molar-refractivity contribution in [1.29, 1.82) is 5.26 Å². The van der Waals surface area contributed by atoms with Crippen molar-refractivity contribution in [3.8, 4) is 11.9 Å². The van der Waals surface area contributed by atoms with Crippen molar-refractivity contribution in [3.05, 3.63) is 52.5 Å². The zero-order chi connectivity index (χ0) is 21.0. The molecule has 1 aromatic heterocycles. The number of anilines is 1. The molecule has 1 aliphatic carbocycles. The number of carbonyl (C=O) groups excluding carboxylic acids is 1. The van der Waals surface area contributed by atoms with E-state index in [0.717, 1.165) is 48.3 Å². The summed E-state index contributed by atoms with van der Waals surface area (Å²) in [4.78, 5) is 13.9. The van der Waals surface area contributed by atoms with Gasteiger partial charge >= 0.3 is 0 Å². The number of amides is 1. The Morgan fingerprint density at radius 3 is 2.57 bits per heavy atom. The third-order valence-electron chi connectivity index (χ3n) is 6.16. The molecule has 2 fully saturated rings. The number of carbonyl (C=O) groups is 1. The number of benzene rings is 1. The van der Waals surface area contributed by atoms with Crippen LogP contribution in [0, 0.1) is 11.3 Å². The SMILES string of the molecule is CC(C)n1nc(C2CC2)c2c1OC(N)=C(C#N)C2c1ccc(N2CCCC2=O)cc1. The molecule has 1 amide bonds. The summed E-state index contributed by atoms with van der Waals surface area (Å²) in [5, 5.41) is 14.8. The standard InChI is InChI=1S/C23H25N5O2/c1-13(2)28-23-20(21(26-28)15-5-6-15)19(17(12-24)22(25)30-23)14-7-9-16(10-8-14)27-11-3-4-18(27)29/h7-10,13,15,19H,3-6,11,25H2,1-2H3. The van der Waals surface area contributed by atoms with Crippen molar-refractivity contribution in [1.82, 2.24) is 9.78 Å². The van der Waals surface area contributed by atoms with Gasteiger partial charge in [0.1, 0.15) is 11.6 Å². The molecule has 0 spiro atoms. The molecule has 3 aliphatic rings. The van der Waals surface area contributed by atoms with E-state index in [1.165, 1.54) is 0 Å². The van der Waals surface area contributed by atoms with Gasteiger partial charge in [-0.3, -0.25) is 4.79 Å². The highest BCUT2D eigenvalue weighted by molar-refractivity contribution is 5.95. The number of allylic oxidation sites excluding steroid dienone is 1. The second-order valence-electron chi connectivity index (χ2n) is 8.58. The van der Waals surface area contributed by atoms with Crippen molar-refractivity contribution in [2.75, 3.05) is 11.4 Å². The lowest BCUT2D eigenvalue weighted by molar-refractivity contribution is -0.117. The smallest absolute Gasteiger partial charge is 0.227 e. The molecule has 3 heterocycles. The minimum Gasteiger partial charge on any atom is -0.422 e. The Hall–Kier alpha value is -3.27. The van der Waals surface area contributed by atoms with E-state index in [-0.39, 0.29) is 23.8 Å². The monoisotopic (exact) mass is 403 g/mol. The first kappa shape index (κ1) is 18.7. The van der Waals surface area contributed by atoms with E-state index in [2.05, 4.69) is 19.9 Å². The van der Waals surface area contributed by atoms with Crippen LogP contribution in [0.4, 0.5) is 5.69 Å². The van der Waals surface area contributed by atoms with Crippen LogP contribution in [0.25, 0.3) is 0 Å². The number of hydrogen-bond acceptors (Lipinski definition) is 5. The topological polar surface area (TPSA) is 97.2 Å². The van der Waals surface area contributed by atoms with Gasteiger partial charge in [-0.05, 0) is 50.8 Å². The van der Waals surface area contributed by atoms with Crippen molar-refractivity contribution in [2.45, 2.75) is 57.4 Å². The first-order chi connectivity index (χ1) is 14.5. The lowest BCUT2D eigenvalue weighted by Gasteiger charge is -2.26. The normalized spacial score (nSPS) is 21.1. The lowest BCUT2D eigenvalue weighted by Crippen LogP contribution is -2.24. The predicted molar refractivity (Wildman–Crippen MR) is 112 cm³/mol. The number of fused-ring (bicyclic) bond motifs is 1. The minimum absolute atomic E-state index is 0.117. The van der Waals surface area contributed by atoms with Crippen molar-refractivity contribution < 1.29 is 9.53 Å². The molecule has 2 aliphatic heterocycles. The maximum Gasteiger partial charge on any atom is 0.227 e. The summed E-state index contributed by atoms with van der Waals surface area (Å²) in [5.74, 6) is 1.04. The molecule has 154 valence electrons. The van der Waals surface area contributed by atoms with Crippen LogP contribution in [0.15, 0.2) is 35.7 Å². The molecule has 1 atom stereocenters. The lowest BCUT2D eigenvalue weighted by atomic mass is 9.83. The Kier molecular flexibility index (Phi) is 4.31. The Morgan fingerprint density at radius 1 is 1.27 bits per heavy atom. The Labute approximate surface area is 175 Å². The highest BCUT2D eigenvalue weighted by atomic mass is 16.5. The summed E-state index contributed by atoms with van der Waals surface area (Å²) in [6, 6.07) is 10.3. The molecular weight excluding hydrogens is 378 g/mol. The Bertz CT molecular complexity index is 1090. The molecule has 30 heavy (non-hydrogen) atoms. The maximum absolute atomic E-state index is 12.1. The van der Waals surface area contributed by atoms with E-state index in [9.17, 15) is 10.1 Å². The van der Waals surface area contributed by atoms with Gasteiger partial charge in [0.05, 0.1) is 23.2 Å². The fraction of sp³-hybridized carbons (Fsp3) is 0.435. The first-order valence-corrected chi connectivity index (χ1v) is 10.6. The van der Waals surface area contributed by atoms with E-state index < -0.39 is 0 Å². The van der Waals surface area contributed by atoms with Crippen molar-refractivity contribution >= 4 is 11.6 Å². The minimum atomic E-state index is -0.315. The number of nitrogens with two attached hydrogens (primary N) is 1. The number of aromatic nitrogens is 2. The van der Waals surface area contributed by atoms with Crippen molar-refractivity contribution in [3.63, 3.8) is 0 Å². The van der Waals surface area contributed by atoms with Crippen LogP contribution >= 0.6 is 0 Å². The third-order valence-corrected chi connectivity index (χ3v) is 6.16. The summed E-state index contributed by atoms with van der Waals surface area (Å²) in [7, 11) is 0. The van der Waals surface area contributed by atoms with Crippen molar-refractivity contribution in [2.24, 2.45) is 5.73 Å². The summed E-state index contributed by atoms with van der Waals surface area (Å²) in [6.07, 6.45) is 3.69. The number of rotatable bonds is 4. The van der Waals surface area contributed by atoms with Gasteiger partial charge in [0.25, 0.3) is 0 Å². The molecule has 7 heteroatoms. The Morgan fingerprint density at radius 2 is 2.00 bits per heavy atom. The number of ether oxygens (including phenoxy) is 1. The number of nitrogens with zero attached hydrogens (tertiary/aromatic N) is 4. The molecule has 2 N–H and O–H groups in total. The average molecular weight is 403 g/mol. The van der Waals surface area contributed by atoms with Gasteiger partial charge < -0.3 is 15.4 Å². The first-order valence-electron chi connectivity index (χ1n) is 10.6.